The third-order valence-corrected chi connectivity index (χ3v) is 4.64. The van der Waals surface area contributed by atoms with E-state index in [0.717, 1.165) is 44.1 Å². The standard InChI is InChI=1S/C19H24N2O3/c22-17(20-13-19(24)11-1-2-12-19)10-5-14-3-6-15(7-4-14)18(23)21-16-8-9-16/h3-7,10,16,24H,1-2,8-9,11-13H2,(H,20,22)(H,21,23)/b10-5+. The molecule has 3 rings (SSSR count). The van der Waals surface area contributed by atoms with Gasteiger partial charge in [-0.2, -0.15) is 0 Å². The van der Waals surface area contributed by atoms with Gasteiger partial charge in [-0.3, -0.25) is 9.59 Å². The molecule has 3 N–H and O–H groups in total. The Bertz CT molecular complexity index is 627. The quantitative estimate of drug-likeness (QED) is 0.699. The monoisotopic (exact) mass is 328 g/mol. The molecule has 128 valence electrons. The van der Waals surface area contributed by atoms with Crippen LogP contribution in [-0.4, -0.2) is 35.1 Å². The molecule has 0 atom stereocenters. The molecule has 2 saturated carbocycles. The molecule has 5 heteroatoms. The smallest absolute Gasteiger partial charge is 0.251 e. The predicted molar refractivity (Wildman–Crippen MR) is 92.4 cm³/mol. The van der Waals surface area contributed by atoms with E-state index in [9.17, 15) is 14.7 Å². The molecule has 0 heterocycles. The number of benzene rings is 1. The number of hydrogen-bond acceptors (Lipinski definition) is 3. The van der Waals surface area contributed by atoms with Crippen molar-refractivity contribution in [1.82, 2.24) is 10.6 Å². The van der Waals surface area contributed by atoms with E-state index < -0.39 is 5.60 Å². The number of amides is 2. The number of rotatable bonds is 6. The summed E-state index contributed by atoms with van der Waals surface area (Å²) in [7, 11) is 0. The van der Waals surface area contributed by atoms with Crippen LogP contribution in [0.2, 0.25) is 0 Å². The zero-order valence-corrected chi connectivity index (χ0v) is 13.8. The van der Waals surface area contributed by atoms with Gasteiger partial charge in [-0.15, -0.1) is 0 Å². The van der Waals surface area contributed by atoms with Crippen molar-refractivity contribution in [3.05, 3.63) is 41.5 Å². The number of aliphatic hydroxyl groups is 1. The van der Waals surface area contributed by atoms with Gasteiger partial charge < -0.3 is 15.7 Å². The van der Waals surface area contributed by atoms with Crippen molar-refractivity contribution >= 4 is 17.9 Å². The van der Waals surface area contributed by atoms with E-state index in [0.29, 0.717) is 18.2 Å². The zero-order chi connectivity index (χ0) is 17.0. The lowest BCUT2D eigenvalue weighted by atomic mass is 10.0. The van der Waals surface area contributed by atoms with Gasteiger partial charge in [-0.25, -0.2) is 0 Å². The maximum Gasteiger partial charge on any atom is 0.251 e. The van der Waals surface area contributed by atoms with Crippen molar-refractivity contribution in [3.8, 4) is 0 Å². The molecule has 2 fully saturated rings. The van der Waals surface area contributed by atoms with E-state index in [-0.39, 0.29) is 11.8 Å². The first kappa shape index (κ1) is 16.7. The summed E-state index contributed by atoms with van der Waals surface area (Å²) in [5.74, 6) is -0.263. The number of carbonyl (C=O) groups excluding carboxylic acids is 2. The minimum Gasteiger partial charge on any atom is -0.388 e. The molecule has 0 unspecified atom stereocenters. The van der Waals surface area contributed by atoms with Crippen molar-refractivity contribution in [1.29, 1.82) is 0 Å². The van der Waals surface area contributed by atoms with Gasteiger partial charge in [-0.1, -0.05) is 25.0 Å². The van der Waals surface area contributed by atoms with Crippen molar-refractivity contribution in [2.45, 2.75) is 50.2 Å². The maximum absolute atomic E-state index is 11.9. The van der Waals surface area contributed by atoms with Crippen LogP contribution in [0.1, 0.15) is 54.4 Å². The molecule has 0 aromatic heterocycles. The molecule has 2 aliphatic rings. The highest BCUT2D eigenvalue weighted by Gasteiger charge is 2.30. The first-order valence-electron chi connectivity index (χ1n) is 8.63. The third kappa shape index (κ3) is 4.68. The molecule has 0 saturated heterocycles. The Hall–Kier alpha value is -2.14. The molecule has 0 aliphatic heterocycles. The largest absolute Gasteiger partial charge is 0.388 e. The summed E-state index contributed by atoms with van der Waals surface area (Å²) in [5, 5.41) is 15.9. The van der Waals surface area contributed by atoms with Crippen LogP contribution in [-0.2, 0) is 4.79 Å². The molecule has 1 aromatic carbocycles. The number of carbonyl (C=O) groups is 2. The molecule has 0 radical (unpaired) electrons. The van der Waals surface area contributed by atoms with Crippen LogP contribution in [0, 0.1) is 0 Å². The summed E-state index contributed by atoms with van der Waals surface area (Å²) in [4.78, 5) is 23.7. The molecule has 24 heavy (non-hydrogen) atoms. The minimum atomic E-state index is -0.736. The lowest BCUT2D eigenvalue weighted by molar-refractivity contribution is -0.117. The van der Waals surface area contributed by atoms with Gasteiger partial charge in [0.1, 0.15) is 0 Å². The van der Waals surface area contributed by atoms with Gasteiger partial charge in [-0.05, 0) is 49.5 Å². The Kier molecular flexibility index (Phi) is 5.00. The van der Waals surface area contributed by atoms with Crippen LogP contribution in [0.4, 0.5) is 0 Å². The van der Waals surface area contributed by atoms with E-state index in [1.165, 1.54) is 6.08 Å². The normalized spacial score (nSPS) is 19.4. The highest BCUT2D eigenvalue weighted by Crippen LogP contribution is 2.28. The van der Waals surface area contributed by atoms with E-state index in [1.54, 1.807) is 18.2 Å². The summed E-state index contributed by atoms with van der Waals surface area (Å²) in [5.41, 5.74) is 0.750. The fourth-order valence-electron chi connectivity index (χ4n) is 2.93. The topological polar surface area (TPSA) is 78.4 Å². The lowest BCUT2D eigenvalue weighted by Crippen LogP contribution is -2.40. The van der Waals surface area contributed by atoms with Crippen molar-refractivity contribution < 1.29 is 14.7 Å². The molecular weight excluding hydrogens is 304 g/mol. The molecular formula is C19H24N2O3. The average molecular weight is 328 g/mol. The summed E-state index contributed by atoms with van der Waals surface area (Å²) in [6.45, 7) is 0.302. The van der Waals surface area contributed by atoms with Crippen LogP contribution < -0.4 is 10.6 Å². The Morgan fingerprint density at radius 2 is 1.83 bits per heavy atom. The summed E-state index contributed by atoms with van der Waals surface area (Å²) in [6.07, 6.45) is 8.83. The van der Waals surface area contributed by atoms with E-state index in [4.69, 9.17) is 0 Å². The highest BCUT2D eigenvalue weighted by molar-refractivity contribution is 5.95. The minimum absolute atomic E-state index is 0.0458. The van der Waals surface area contributed by atoms with E-state index in [1.807, 2.05) is 12.1 Å². The lowest BCUT2D eigenvalue weighted by Gasteiger charge is -2.21. The first-order chi connectivity index (χ1) is 11.5. The Labute approximate surface area is 142 Å². The fourth-order valence-corrected chi connectivity index (χ4v) is 2.93. The third-order valence-electron chi connectivity index (χ3n) is 4.64. The summed E-state index contributed by atoms with van der Waals surface area (Å²) in [6, 6.07) is 7.50. The van der Waals surface area contributed by atoms with Crippen LogP contribution in [0.3, 0.4) is 0 Å². The van der Waals surface area contributed by atoms with E-state index >= 15 is 0 Å². The van der Waals surface area contributed by atoms with E-state index in [2.05, 4.69) is 10.6 Å². The van der Waals surface area contributed by atoms with Crippen LogP contribution in [0.15, 0.2) is 30.3 Å². The summed E-state index contributed by atoms with van der Waals surface area (Å²) >= 11 is 0. The number of nitrogens with one attached hydrogen (secondary N) is 2. The van der Waals surface area contributed by atoms with Gasteiger partial charge >= 0.3 is 0 Å². The van der Waals surface area contributed by atoms with Crippen molar-refractivity contribution in [2.75, 3.05) is 6.54 Å². The average Bonchev–Trinajstić information content (AvgIpc) is 3.30. The van der Waals surface area contributed by atoms with Gasteiger partial charge in [0.2, 0.25) is 5.91 Å². The van der Waals surface area contributed by atoms with Crippen LogP contribution in [0.25, 0.3) is 6.08 Å². The highest BCUT2D eigenvalue weighted by atomic mass is 16.3. The van der Waals surface area contributed by atoms with Gasteiger partial charge in [0.25, 0.3) is 5.91 Å². The molecule has 2 aliphatic carbocycles. The second-order valence-corrected chi connectivity index (χ2v) is 6.85. The van der Waals surface area contributed by atoms with Gasteiger partial charge in [0.15, 0.2) is 0 Å². The molecule has 5 nitrogen and oxygen atoms in total. The summed E-state index contributed by atoms with van der Waals surface area (Å²) < 4.78 is 0. The van der Waals surface area contributed by atoms with Gasteiger partial charge in [0, 0.05) is 24.2 Å². The molecule has 0 bridgehead atoms. The Balaban J connectivity index is 1.48. The molecule has 0 spiro atoms. The molecule has 2 amide bonds. The van der Waals surface area contributed by atoms with Crippen molar-refractivity contribution in [3.63, 3.8) is 0 Å². The zero-order valence-electron chi connectivity index (χ0n) is 13.8. The fraction of sp³-hybridized carbons (Fsp3) is 0.474. The Morgan fingerprint density at radius 1 is 1.17 bits per heavy atom. The second-order valence-electron chi connectivity index (χ2n) is 6.85. The first-order valence-corrected chi connectivity index (χ1v) is 8.63. The van der Waals surface area contributed by atoms with Crippen LogP contribution in [0.5, 0.6) is 0 Å². The molecule has 1 aromatic rings. The van der Waals surface area contributed by atoms with Gasteiger partial charge in [0.05, 0.1) is 5.60 Å². The second kappa shape index (κ2) is 7.18. The SMILES string of the molecule is O=C(/C=C/c1ccc(C(=O)NC2CC2)cc1)NCC1(O)CCCC1. The predicted octanol–water partition coefficient (Wildman–Crippen LogP) is 2.01. The van der Waals surface area contributed by atoms with Crippen molar-refractivity contribution in [2.24, 2.45) is 0 Å². The number of hydrogen-bond donors (Lipinski definition) is 3. The maximum atomic E-state index is 11.9. The van der Waals surface area contributed by atoms with Crippen LogP contribution >= 0.6 is 0 Å². The Morgan fingerprint density at radius 3 is 2.46 bits per heavy atom.